The first kappa shape index (κ1) is 29.1. The number of anilines is 1. The quantitative estimate of drug-likeness (QED) is 0.158. The summed E-state index contributed by atoms with van der Waals surface area (Å²) in [6.45, 7) is 3.16. The van der Waals surface area contributed by atoms with Gasteiger partial charge in [0.15, 0.2) is 0 Å². The van der Waals surface area contributed by atoms with E-state index >= 15 is 0 Å². The molecular formula is C31H33ClN4O3. The van der Waals surface area contributed by atoms with Gasteiger partial charge in [0, 0.05) is 23.9 Å². The van der Waals surface area contributed by atoms with Crippen molar-refractivity contribution in [2.24, 2.45) is 11.5 Å². The first-order valence-electron chi connectivity index (χ1n) is 12.4. The summed E-state index contributed by atoms with van der Waals surface area (Å²) < 4.78 is 11.9. The lowest BCUT2D eigenvalue weighted by molar-refractivity contribution is -0.119. The largest absolute Gasteiger partial charge is 0.494 e. The maximum absolute atomic E-state index is 13.1. The number of primary amides is 1. The fourth-order valence-electron chi connectivity index (χ4n) is 4.27. The molecule has 8 heteroatoms. The van der Waals surface area contributed by atoms with Crippen molar-refractivity contribution in [2.75, 3.05) is 11.5 Å². The Balaban J connectivity index is 0.00000420. The molecule has 4 rings (SSSR count). The van der Waals surface area contributed by atoms with Gasteiger partial charge in [0.2, 0.25) is 5.91 Å². The number of amidine groups is 1. The molecule has 0 fully saturated rings. The summed E-state index contributed by atoms with van der Waals surface area (Å²) in [7, 11) is 0. The Hall–Kier alpha value is -4.49. The van der Waals surface area contributed by atoms with E-state index in [2.05, 4.69) is 0 Å². The van der Waals surface area contributed by atoms with Crippen molar-refractivity contribution in [3.8, 4) is 11.5 Å². The Kier molecular flexibility index (Phi) is 10.3. The van der Waals surface area contributed by atoms with E-state index in [9.17, 15) is 4.79 Å². The van der Waals surface area contributed by atoms with E-state index in [1.54, 1.807) is 12.1 Å². The number of hydrogen-bond donors (Lipinski definition) is 3. The molecule has 0 saturated heterocycles. The first-order chi connectivity index (χ1) is 18.4. The molecule has 1 amide bonds. The number of amides is 1. The third kappa shape index (κ3) is 7.75. The third-order valence-electron chi connectivity index (χ3n) is 6.06. The van der Waals surface area contributed by atoms with Gasteiger partial charge in [-0.1, -0.05) is 60.7 Å². The van der Waals surface area contributed by atoms with Crippen LogP contribution in [-0.2, 0) is 17.9 Å². The molecule has 7 nitrogen and oxygen atoms in total. The summed E-state index contributed by atoms with van der Waals surface area (Å²) in [5.41, 5.74) is 15.8. The second-order valence-corrected chi connectivity index (χ2v) is 8.82. The van der Waals surface area contributed by atoms with Gasteiger partial charge in [0.25, 0.3) is 0 Å². The molecule has 0 radical (unpaired) electrons. The summed E-state index contributed by atoms with van der Waals surface area (Å²) in [6, 6.07) is 31.6. The van der Waals surface area contributed by atoms with E-state index in [1.165, 1.54) is 0 Å². The molecule has 0 aliphatic carbocycles. The number of nitrogen functional groups attached to an aromatic ring is 1. The standard InChI is InChI=1S/C31H32N4O3.ClH/c1-2-37-27-17-25(18-28(19-27)38-21-23-11-7-4-8-12-23)29(31(34)36)35(20-22-9-5-3-6-10-22)26-15-13-24(14-16-26)30(32)33;/h3-19,29H,2,20-21H2,1H3,(H3,32,33)(H2,34,36);1H. The van der Waals surface area contributed by atoms with Crippen molar-refractivity contribution < 1.29 is 14.3 Å². The second-order valence-electron chi connectivity index (χ2n) is 8.82. The smallest absolute Gasteiger partial charge is 0.244 e. The van der Waals surface area contributed by atoms with E-state index in [-0.39, 0.29) is 18.2 Å². The van der Waals surface area contributed by atoms with Gasteiger partial charge in [-0.2, -0.15) is 0 Å². The Labute approximate surface area is 235 Å². The Morgan fingerprint density at radius 3 is 1.92 bits per heavy atom. The maximum atomic E-state index is 13.1. The zero-order chi connectivity index (χ0) is 26.9. The van der Waals surface area contributed by atoms with Crippen LogP contribution in [0, 0.1) is 5.41 Å². The zero-order valence-corrected chi connectivity index (χ0v) is 22.6. The van der Waals surface area contributed by atoms with Crippen molar-refractivity contribution in [1.29, 1.82) is 5.41 Å². The summed E-state index contributed by atoms with van der Waals surface area (Å²) in [4.78, 5) is 15.0. The van der Waals surface area contributed by atoms with Crippen LogP contribution < -0.4 is 25.8 Å². The number of carbonyl (C=O) groups excluding carboxylic acids is 1. The highest BCUT2D eigenvalue weighted by molar-refractivity contribution is 5.95. The highest BCUT2D eigenvalue weighted by Crippen LogP contribution is 2.34. The van der Waals surface area contributed by atoms with Crippen LogP contribution in [0.3, 0.4) is 0 Å². The molecule has 4 aromatic rings. The molecule has 5 N–H and O–H groups in total. The van der Waals surface area contributed by atoms with Gasteiger partial charge in [0.05, 0.1) is 6.61 Å². The van der Waals surface area contributed by atoms with Crippen LogP contribution in [0.1, 0.15) is 35.2 Å². The van der Waals surface area contributed by atoms with E-state index in [1.807, 2.05) is 103 Å². The van der Waals surface area contributed by atoms with Gasteiger partial charge in [0.1, 0.15) is 30.0 Å². The monoisotopic (exact) mass is 544 g/mol. The van der Waals surface area contributed by atoms with Crippen LogP contribution in [0.2, 0.25) is 0 Å². The predicted molar refractivity (Wildman–Crippen MR) is 158 cm³/mol. The van der Waals surface area contributed by atoms with Gasteiger partial charge < -0.3 is 25.8 Å². The van der Waals surface area contributed by atoms with Crippen LogP contribution in [0.25, 0.3) is 0 Å². The van der Waals surface area contributed by atoms with Crippen LogP contribution in [0.5, 0.6) is 11.5 Å². The zero-order valence-electron chi connectivity index (χ0n) is 21.7. The first-order valence-corrected chi connectivity index (χ1v) is 12.4. The number of carbonyl (C=O) groups is 1. The number of rotatable bonds is 12. The molecule has 202 valence electrons. The van der Waals surface area contributed by atoms with Crippen LogP contribution in [0.4, 0.5) is 5.69 Å². The Morgan fingerprint density at radius 2 is 1.38 bits per heavy atom. The fourth-order valence-corrected chi connectivity index (χ4v) is 4.27. The van der Waals surface area contributed by atoms with Crippen LogP contribution in [-0.4, -0.2) is 18.3 Å². The van der Waals surface area contributed by atoms with E-state index in [0.717, 1.165) is 16.8 Å². The number of hydrogen-bond acceptors (Lipinski definition) is 5. The Morgan fingerprint density at radius 1 is 0.821 bits per heavy atom. The van der Waals surface area contributed by atoms with Crippen LogP contribution >= 0.6 is 12.4 Å². The average Bonchev–Trinajstić information content (AvgIpc) is 2.93. The number of ether oxygens (including phenoxy) is 2. The van der Waals surface area contributed by atoms with Crippen molar-refractivity contribution in [3.05, 3.63) is 125 Å². The van der Waals surface area contributed by atoms with Gasteiger partial charge >= 0.3 is 0 Å². The highest BCUT2D eigenvalue weighted by atomic mass is 35.5. The summed E-state index contributed by atoms with van der Waals surface area (Å²) >= 11 is 0. The van der Waals surface area contributed by atoms with Crippen molar-refractivity contribution in [3.63, 3.8) is 0 Å². The lowest BCUT2D eigenvalue weighted by Crippen LogP contribution is -2.37. The maximum Gasteiger partial charge on any atom is 0.244 e. The second kappa shape index (κ2) is 13.9. The molecule has 0 heterocycles. The lowest BCUT2D eigenvalue weighted by atomic mass is 10.0. The van der Waals surface area contributed by atoms with Gasteiger partial charge in [-0.15, -0.1) is 12.4 Å². The minimum absolute atomic E-state index is 0. The average molecular weight is 545 g/mol. The molecule has 4 aromatic carbocycles. The van der Waals surface area contributed by atoms with E-state index in [0.29, 0.717) is 42.4 Å². The van der Waals surface area contributed by atoms with Crippen LogP contribution in [0.15, 0.2) is 103 Å². The fraction of sp³-hybridized carbons (Fsp3) is 0.161. The molecule has 39 heavy (non-hydrogen) atoms. The van der Waals surface area contributed by atoms with Gasteiger partial charge in [-0.3, -0.25) is 10.2 Å². The van der Waals surface area contributed by atoms with E-state index < -0.39 is 11.9 Å². The number of nitrogens with zero attached hydrogens (tertiary/aromatic N) is 1. The van der Waals surface area contributed by atoms with Crippen molar-refractivity contribution >= 4 is 29.8 Å². The molecule has 0 bridgehead atoms. The number of nitrogens with two attached hydrogens (primary N) is 2. The molecular weight excluding hydrogens is 512 g/mol. The van der Waals surface area contributed by atoms with E-state index in [4.69, 9.17) is 26.4 Å². The number of nitrogens with one attached hydrogen (secondary N) is 1. The summed E-state index contributed by atoms with van der Waals surface area (Å²) in [6.07, 6.45) is 0. The number of benzene rings is 4. The SMILES string of the molecule is CCOc1cc(OCc2ccccc2)cc(C(C(N)=O)N(Cc2ccccc2)c2ccc(C(=N)N)cc2)c1.Cl. The molecule has 0 spiro atoms. The summed E-state index contributed by atoms with van der Waals surface area (Å²) in [5.74, 6) is 0.625. The minimum Gasteiger partial charge on any atom is -0.494 e. The predicted octanol–water partition coefficient (Wildman–Crippen LogP) is 5.60. The molecule has 1 unspecified atom stereocenters. The normalized spacial score (nSPS) is 11.1. The minimum atomic E-state index is -0.821. The van der Waals surface area contributed by atoms with Crippen molar-refractivity contribution in [1.82, 2.24) is 0 Å². The van der Waals surface area contributed by atoms with Gasteiger partial charge in [-0.05, 0) is 60.0 Å². The molecule has 0 saturated carbocycles. The topological polar surface area (TPSA) is 115 Å². The number of halogens is 1. The highest BCUT2D eigenvalue weighted by Gasteiger charge is 2.28. The Bertz CT molecular complexity index is 1370. The van der Waals surface area contributed by atoms with Crippen molar-refractivity contribution in [2.45, 2.75) is 26.1 Å². The molecule has 1 atom stereocenters. The molecule has 0 aliphatic rings. The lowest BCUT2D eigenvalue weighted by Gasteiger charge is -2.33. The van der Waals surface area contributed by atoms with Gasteiger partial charge in [-0.25, -0.2) is 0 Å². The molecule has 0 aliphatic heterocycles. The summed E-state index contributed by atoms with van der Waals surface area (Å²) in [5, 5.41) is 7.73. The third-order valence-corrected chi connectivity index (χ3v) is 6.06. The molecule has 0 aromatic heterocycles.